The van der Waals surface area contributed by atoms with Crippen molar-refractivity contribution in [2.24, 2.45) is 10.7 Å². The van der Waals surface area contributed by atoms with Gasteiger partial charge in [-0.15, -0.1) is 0 Å². The van der Waals surface area contributed by atoms with E-state index in [2.05, 4.69) is 11.6 Å². The summed E-state index contributed by atoms with van der Waals surface area (Å²) in [5.74, 6) is 0. The maximum atomic E-state index is 5.84. The first-order valence-corrected chi connectivity index (χ1v) is 5.86. The van der Waals surface area contributed by atoms with Crippen LogP contribution in [0.1, 0.15) is 25.7 Å². The van der Waals surface area contributed by atoms with Gasteiger partial charge >= 0.3 is 0 Å². The molecule has 1 aliphatic carbocycles. The smallest absolute Gasteiger partial charge is 0.0714 e. The molecule has 0 aliphatic heterocycles. The maximum Gasteiger partial charge on any atom is 0.0714 e. The van der Waals surface area contributed by atoms with E-state index in [1.54, 1.807) is 13.3 Å². The van der Waals surface area contributed by atoms with E-state index in [1.165, 1.54) is 0 Å². The van der Waals surface area contributed by atoms with Gasteiger partial charge in [-0.3, -0.25) is 4.99 Å². The van der Waals surface area contributed by atoms with E-state index < -0.39 is 0 Å². The van der Waals surface area contributed by atoms with Crippen molar-refractivity contribution in [2.75, 3.05) is 13.7 Å². The lowest BCUT2D eigenvalue weighted by molar-refractivity contribution is 0.0402. The number of nitrogens with zero attached hydrogens (tertiary/aromatic N) is 1. The number of allylic oxidation sites excluding steroid dienone is 1. The van der Waals surface area contributed by atoms with Crippen LogP contribution in [0.4, 0.5) is 0 Å². The Hall–Kier alpha value is -0.930. The molecule has 3 nitrogen and oxygen atoms in total. The zero-order valence-corrected chi connectivity index (χ0v) is 10.1. The summed E-state index contributed by atoms with van der Waals surface area (Å²) >= 11 is 0. The highest BCUT2D eigenvalue weighted by atomic mass is 16.5. The molecule has 16 heavy (non-hydrogen) atoms. The predicted molar refractivity (Wildman–Crippen MR) is 68.9 cm³/mol. The van der Waals surface area contributed by atoms with E-state index >= 15 is 0 Å². The van der Waals surface area contributed by atoms with Crippen LogP contribution < -0.4 is 5.73 Å². The van der Waals surface area contributed by atoms with Crippen LogP contribution in [-0.2, 0) is 4.74 Å². The lowest BCUT2D eigenvalue weighted by Crippen LogP contribution is -2.30. The first-order chi connectivity index (χ1) is 7.72. The van der Waals surface area contributed by atoms with Crippen molar-refractivity contribution in [3.63, 3.8) is 0 Å². The summed E-state index contributed by atoms with van der Waals surface area (Å²) in [4.78, 5) is 3.86. The summed E-state index contributed by atoms with van der Waals surface area (Å²) in [7, 11) is 1.74. The molecular weight excluding hydrogens is 200 g/mol. The van der Waals surface area contributed by atoms with E-state index in [4.69, 9.17) is 10.5 Å². The number of aliphatic imine (C=N–C) groups is 1. The summed E-state index contributed by atoms with van der Waals surface area (Å²) in [6.45, 7) is 4.53. The van der Waals surface area contributed by atoms with Gasteiger partial charge in [0.05, 0.1) is 12.7 Å². The van der Waals surface area contributed by atoms with E-state index in [-0.39, 0.29) is 0 Å². The average Bonchev–Trinajstić information content (AvgIpc) is 2.29. The fourth-order valence-corrected chi connectivity index (χ4v) is 1.79. The number of hydrogen-bond donors (Lipinski definition) is 1. The second-order valence-corrected chi connectivity index (χ2v) is 4.27. The molecule has 0 atom stereocenters. The predicted octanol–water partition coefficient (Wildman–Crippen LogP) is 2.09. The quantitative estimate of drug-likeness (QED) is 0.572. The minimum atomic E-state index is 0.366. The normalized spacial score (nSPS) is 26.6. The van der Waals surface area contributed by atoms with Crippen molar-refractivity contribution >= 4 is 6.21 Å². The highest BCUT2D eigenvalue weighted by Crippen LogP contribution is 2.20. The Morgan fingerprint density at radius 3 is 2.75 bits per heavy atom. The van der Waals surface area contributed by atoms with Gasteiger partial charge in [0.15, 0.2) is 0 Å². The van der Waals surface area contributed by atoms with Crippen molar-refractivity contribution in [1.29, 1.82) is 0 Å². The molecule has 1 fully saturated rings. The summed E-state index contributed by atoms with van der Waals surface area (Å²) < 4.78 is 5.77. The molecule has 1 rings (SSSR count). The van der Waals surface area contributed by atoms with Gasteiger partial charge in [0.25, 0.3) is 0 Å². The third-order valence-corrected chi connectivity index (χ3v) is 2.79. The molecule has 0 spiro atoms. The monoisotopic (exact) mass is 222 g/mol. The third-order valence-electron chi connectivity index (χ3n) is 2.79. The summed E-state index contributed by atoms with van der Waals surface area (Å²) in [5.41, 5.74) is 6.82. The van der Waals surface area contributed by atoms with Gasteiger partial charge in [-0.05, 0) is 37.3 Å². The van der Waals surface area contributed by atoms with Crippen LogP contribution in [0.3, 0.4) is 0 Å². The highest BCUT2D eigenvalue weighted by molar-refractivity contribution is 5.71. The van der Waals surface area contributed by atoms with Gasteiger partial charge in [-0.2, -0.15) is 0 Å². The molecule has 0 bridgehead atoms. The highest BCUT2D eigenvalue weighted by Gasteiger charge is 2.18. The molecule has 1 aliphatic rings. The fourth-order valence-electron chi connectivity index (χ4n) is 1.79. The average molecular weight is 222 g/mol. The Morgan fingerprint density at radius 1 is 1.44 bits per heavy atom. The van der Waals surface area contributed by atoms with Crippen molar-refractivity contribution < 1.29 is 4.74 Å². The molecule has 0 amide bonds. The van der Waals surface area contributed by atoms with Crippen LogP contribution in [-0.4, -0.2) is 32.0 Å². The zero-order valence-electron chi connectivity index (χ0n) is 10.1. The standard InChI is InChI=1S/C13H22N2O/c1-11(4-3-9-15-2)10-16-13-7-5-12(14)6-8-13/h3-4,9,12-13H,1,5-8,10,14H2,2H3/b4-3-,15-9-/t12-,13-. The van der Waals surface area contributed by atoms with Crippen LogP contribution in [0.2, 0.25) is 0 Å². The van der Waals surface area contributed by atoms with Crippen LogP contribution in [0.25, 0.3) is 0 Å². The molecule has 3 heteroatoms. The van der Waals surface area contributed by atoms with E-state index in [9.17, 15) is 0 Å². The van der Waals surface area contributed by atoms with Crippen LogP contribution in [0.5, 0.6) is 0 Å². The molecule has 0 unspecified atom stereocenters. The van der Waals surface area contributed by atoms with Gasteiger partial charge < -0.3 is 10.5 Å². The largest absolute Gasteiger partial charge is 0.374 e. The molecular formula is C13H22N2O. The first kappa shape index (κ1) is 13.1. The molecule has 0 saturated heterocycles. The molecule has 0 aromatic rings. The first-order valence-electron chi connectivity index (χ1n) is 5.86. The lowest BCUT2D eigenvalue weighted by atomic mass is 9.94. The number of hydrogen-bond acceptors (Lipinski definition) is 3. The Morgan fingerprint density at radius 2 is 2.12 bits per heavy atom. The van der Waals surface area contributed by atoms with Crippen LogP contribution >= 0.6 is 0 Å². The Labute approximate surface area is 98.1 Å². The minimum absolute atomic E-state index is 0.366. The fraction of sp³-hybridized carbons (Fsp3) is 0.615. The van der Waals surface area contributed by atoms with E-state index in [0.29, 0.717) is 18.8 Å². The Kier molecular flexibility index (Phi) is 6.04. The molecule has 90 valence electrons. The Bertz CT molecular complexity index is 263. The molecule has 0 aromatic carbocycles. The minimum Gasteiger partial charge on any atom is -0.374 e. The lowest BCUT2D eigenvalue weighted by Gasteiger charge is -2.26. The van der Waals surface area contributed by atoms with Crippen molar-refractivity contribution in [1.82, 2.24) is 0 Å². The number of ether oxygens (including phenoxy) is 1. The molecule has 2 N–H and O–H groups in total. The molecule has 0 heterocycles. The second kappa shape index (κ2) is 7.36. The molecule has 1 saturated carbocycles. The van der Waals surface area contributed by atoms with Crippen molar-refractivity contribution in [2.45, 2.75) is 37.8 Å². The zero-order chi connectivity index (χ0) is 11.8. The number of rotatable bonds is 5. The van der Waals surface area contributed by atoms with Gasteiger partial charge in [0, 0.05) is 19.3 Å². The summed E-state index contributed by atoms with van der Waals surface area (Å²) in [5, 5.41) is 0. The van der Waals surface area contributed by atoms with Gasteiger partial charge in [0.1, 0.15) is 0 Å². The second-order valence-electron chi connectivity index (χ2n) is 4.27. The topological polar surface area (TPSA) is 47.6 Å². The molecule has 0 radical (unpaired) electrons. The molecule has 0 aromatic heterocycles. The van der Waals surface area contributed by atoms with Crippen LogP contribution in [0.15, 0.2) is 29.3 Å². The van der Waals surface area contributed by atoms with Gasteiger partial charge in [0.2, 0.25) is 0 Å². The van der Waals surface area contributed by atoms with Crippen molar-refractivity contribution in [3.8, 4) is 0 Å². The third kappa shape index (κ3) is 5.24. The van der Waals surface area contributed by atoms with Gasteiger partial charge in [-0.25, -0.2) is 0 Å². The summed E-state index contributed by atoms with van der Waals surface area (Å²) in [6.07, 6.45) is 10.2. The van der Waals surface area contributed by atoms with E-state index in [1.807, 2.05) is 12.2 Å². The Balaban J connectivity index is 2.16. The van der Waals surface area contributed by atoms with E-state index in [0.717, 1.165) is 31.3 Å². The summed E-state index contributed by atoms with van der Waals surface area (Å²) in [6, 6.07) is 0.378. The van der Waals surface area contributed by atoms with Crippen molar-refractivity contribution in [3.05, 3.63) is 24.3 Å². The number of nitrogens with two attached hydrogens (primary N) is 1. The van der Waals surface area contributed by atoms with Crippen LogP contribution in [0, 0.1) is 0 Å². The van der Waals surface area contributed by atoms with Gasteiger partial charge in [-0.1, -0.05) is 12.7 Å². The SMILES string of the molecule is C=C(/C=C\C=N/C)CO[C@H]1CC[C@H](N)CC1. The maximum absolute atomic E-state index is 5.84.